The summed E-state index contributed by atoms with van der Waals surface area (Å²) in [5.74, 6) is 0.771. The summed E-state index contributed by atoms with van der Waals surface area (Å²) >= 11 is 0. The lowest BCUT2D eigenvalue weighted by Crippen LogP contribution is -2.23. The Morgan fingerprint density at radius 1 is 1.07 bits per heavy atom. The highest BCUT2D eigenvalue weighted by Crippen LogP contribution is 2.30. The van der Waals surface area contributed by atoms with Crippen molar-refractivity contribution >= 4 is 28.6 Å². The van der Waals surface area contributed by atoms with Gasteiger partial charge in [0.05, 0.1) is 17.7 Å². The number of aromatic nitrogens is 2. The number of rotatable bonds is 5. The molecule has 0 bridgehead atoms. The number of nitrogens with one attached hydrogen (secondary N) is 1. The molecule has 1 aliphatic rings. The van der Waals surface area contributed by atoms with Crippen molar-refractivity contribution in [1.29, 1.82) is 0 Å². The standard InChI is InChI=1S/C23H26N4O2/c1-2-29-22(28)16-10-8-15(9-11-16)17-12-13-20-19(14-17)21(27-23(24)26-20)25-18-6-4-3-5-7-18/h8-14,18H,2-7H2,1H3,(H3,24,25,26,27). The highest BCUT2D eigenvalue weighted by Gasteiger charge is 2.16. The van der Waals surface area contributed by atoms with Gasteiger partial charge in [-0.2, -0.15) is 4.98 Å². The van der Waals surface area contributed by atoms with Crippen LogP contribution in [0.25, 0.3) is 22.0 Å². The van der Waals surface area contributed by atoms with Crippen LogP contribution in [0.5, 0.6) is 0 Å². The van der Waals surface area contributed by atoms with Crippen molar-refractivity contribution in [2.75, 3.05) is 17.7 Å². The summed E-state index contributed by atoms with van der Waals surface area (Å²) < 4.78 is 5.05. The Morgan fingerprint density at radius 2 is 1.79 bits per heavy atom. The van der Waals surface area contributed by atoms with Crippen LogP contribution in [0.15, 0.2) is 42.5 Å². The number of carbonyl (C=O) groups is 1. The molecule has 1 saturated carbocycles. The van der Waals surface area contributed by atoms with E-state index in [0.29, 0.717) is 18.2 Å². The molecular weight excluding hydrogens is 364 g/mol. The molecule has 0 atom stereocenters. The average Bonchev–Trinajstić information content (AvgIpc) is 2.74. The molecule has 3 N–H and O–H groups in total. The number of esters is 1. The maximum Gasteiger partial charge on any atom is 0.338 e. The van der Waals surface area contributed by atoms with E-state index < -0.39 is 0 Å². The summed E-state index contributed by atoms with van der Waals surface area (Å²) in [5.41, 5.74) is 9.36. The van der Waals surface area contributed by atoms with Crippen LogP contribution in [-0.2, 0) is 4.74 Å². The highest BCUT2D eigenvalue weighted by molar-refractivity contribution is 5.94. The molecule has 1 fully saturated rings. The first-order valence-electron chi connectivity index (χ1n) is 10.3. The van der Waals surface area contributed by atoms with Gasteiger partial charge in [-0.15, -0.1) is 0 Å². The van der Waals surface area contributed by atoms with E-state index >= 15 is 0 Å². The Kier molecular flexibility index (Phi) is 5.60. The van der Waals surface area contributed by atoms with Gasteiger partial charge in [0.1, 0.15) is 5.82 Å². The maximum absolute atomic E-state index is 11.9. The molecule has 1 aromatic heterocycles. The molecule has 1 heterocycles. The lowest BCUT2D eigenvalue weighted by atomic mass is 9.95. The molecular formula is C23H26N4O2. The van der Waals surface area contributed by atoms with E-state index in [-0.39, 0.29) is 11.9 Å². The molecule has 0 aliphatic heterocycles. The van der Waals surface area contributed by atoms with E-state index in [1.807, 2.05) is 24.3 Å². The summed E-state index contributed by atoms with van der Waals surface area (Å²) in [4.78, 5) is 20.7. The molecule has 0 amide bonds. The molecule has 29 heavy (non-hydrogen) atoms. The Balaban J connectivity index is 1.66. The second-order valence-electron chi connectivity index (χ2n) is 7.44. The molecule has 6 heteroatoms. The minimum atomic E-state index is -0.305. The molecule has 0 spiro atoms. The smallest absolute Gasteiger partial charge is 0.338 e. The zero-order valence-electron chi connectivity index (χ0n) is 16.6. The first-order chi connectivity index (χ1) is 14.1. The van der Waals surface area contributed by atoms with Gasteiger partial charge in [-0.25, -0.2) is 9.78 Å². The number of nitrogens with zero attached hydrogens (tertiary/aromatic N) is 2. The fourth-order valence-electron chi connectivity index (χ4n) is 3.89. The van der Waals surface area contributed by atoms with Gasteiger partial charge in [0.15, 0.2) is 0 Å². The fourth-order valence-corrected chi connectivity index (χ4v) is 3.89. The Morgan fingerprint density at radius 3 is 2.52 bits per heavy atom. The van der Waals surface area contributed by atoms with Gasteiger partial charge < -0.3 is 15.8 Å². The topological polar surface area (TPSA) is 90.1 Å². The van der Waals surface area contributed by atoms with Gasteiger partial charge in [0.25, 0.3) is 0 Å². The summed E-state index contributed by atoms with van der Waals surface area (Å²) in [6, 6.07) is 13.9. The summed E-state index contributed by atoms with van der Waals surface area (Å²) in [6.07, 6.45) is 6.10. The fraction of sp³-hybridized carbons (Fsp3) is 0.348. The summed E-state index contributed by atoms with van der Waals surface area (Å²) in [7, 11) is 0. The second kappa shape index (κ2) is 8.47. The lowest BCUT2D eigenvalue weighted by Gasteiger charge is -2.24. The van der Waals surface area contributed by atoms with Gasteiger partial charge in [0.2, 0.25) is 5.95 Å². The third-order valence-electron chi connectivity index (χ3n) is 5.39. The average molecular weight is 390 g/mol. The minimum Gasteiger partial charge on any atom is -0.462 e. The predicted molar refractivity (Wildman–Crippen MR) is 116 cm³/mol. The van der Waals surface area contributed by atoms with E-state index in [9.17, 15) is 4.79 Å². The van der Waals surface area contributed by atoms with Crippen molar-refractivity contribution in [3.63, 3.8) is 0 Å². The van der Waals surface area contributed by atoms with Crippen molar-refractivity contribution in [3.05, 3.63) is 48.0 Å². The first-order valence-corrected chi connectivity index (χ1v) is 10.3. The third-order valence-corrected chi connectivity index (χ3v) is 5.39. The monoisotopic (exact) mass is 390 g/mol. The number of hydrogen-bond donors (Lipinski definition) is 2. The van der Waals surface area contributed by atoms with Crippen molar-refractivity contribution in [1.82, 2.24) is 9.97 Å². The number of anilines is 2. The molecule has 6 nitrogen and oxygen atoms in total. The number of nitrogens with two attached hydrogens (primary N) is 1. The van der Waals surface area contributed by atoms with Gasteiger partial charge >= 0.3 is 5.97 Å². The number of carbonyl (C=O) groups excluding carboxylic acids is 1. The molecule has 3 aromatic rings. The first kappa shape index (κ1) is 19.2. The number of fused-ring (bicyclic) bond motifs is 1. The Bertz CT molecular complexity index is 1010. The van der Waals surface area contributed by atoms with Crippen molar-refractivity contribution in [3.8, 4) is 11.1 Å². The van der Waals surface area contributed by atoms with Crippen LogP contribution in [0.4, 0.5) is 11.8 Å². The van der Waals surface area contributed by atoms with Crippen LogP contribution in [0.3, 0.4) is 0 Å². The SMILES string of the molecule is CCOC(=O)c1ccc(-c2ccc3nc(N)nc(NC4CCCCC4)c3c2)cc1. The van der Waals surface area contributed by atoms with E-state index in [1.165, 1.54) is 19.3 Å². The Hall–Kier alpha value is -3.15. The van der Waals surface area contributed by atoms with Crippen LogP contribution in [0, 0.1) is 0 Å². The van der Waals surface area contributed by atoms with Crippen molar-refractivity contribution < 1.29 is 9.53 Å². The van der Waals surface area contributed by atoms with E-state index in [1.54, 1.807) is 19.1 Å². The van der Waals surface area contributed by atoms with Crippen molar-refractivity contribution in [2.24, 2.45) is 0 Å². The van der Waals surface area contributed by atoms with Gasteiger partial charge in [-0.1, -0.05) is 37.5 Å². The molecule has 0 radical (unpaired) electrons. The summed E-state index contributed by atoms with van der Waals surface area (Å²) in [5, 5.41) is 4.54. The van der Waals surface area contributed by atoms with Crippen LogP contribution < -0.4 is 11.1 Å². The van der Waals surface area contributed by atoms with Crippen LogP contribution in [0.1, 0.15) is 49.4 Å². The van der Waals surface area contributed by atoms with Gasteiger partial charge in [0, 0.05) is 11.4 Å². The van der Waals surface area contributed by atoms with Gasteiger partial charge in [-0.3, -0.25) is 0 Å². The number of hydrogen-bond acceptors (Lipinski definition) is 6. The van der Waals surface area contributed by atoms with Crippen LogP contribution in [0.2, 0.25) is 0 Å². The van der Waals surface area contributed by atoms with Crippen molar-refractivity contribution in [2.45, 2.75) is 45.1 Å². The molecule has 2 aromatic carbocycles. The predicted octanol–water partition coefficient (Wildman–Crippen LogP) is 4.80. The zero-order chi connectivity index (χ0) is 20.2. The number of benzene rings is 2. The molecule has 1 aliphatic carbocycles. The molecule has 0 unspecified atom stereocenters. The highest BCUT2D eigenvalue weighted by atomic mass is 16.5. The summed E-state index contributed by atoms with van der Waals surface area (Å²) in [6.45, 7) is 2.17. The normalized spacial score (nSPS) is 14.7. The zero-order valence-corrected chi connectivity index (χ0v) is 16.6. The maximum atomic E-state index is 11.9. The number of ether oxygens (including phenoxy) is 1. The van der Waals surface area contributed by atoms with Crippen LogP contribution >= 0.6 is 0 Å². The Labute approximate surface area is 170 Å². The quantitative estimate of drug-likeness (QED) is 0.608. The van der Waals surface area contributed by atoms with E-state index in [4.69, 9.17) is 10.5 Å². The minimum absolute atomic E-state index is 0.280. The lowest BCUT2D eigenvalue weighted by molar-refractivity contribution is 0.0526. The second-order valence-corrected chi connectivity index (χ2v) is 7.44. The van der Waals surface area contributed by atoms with Gasteiger partial charge in [-0.05, 0) is 55.2 Å². The molecule has 4 rings (SSSR count). The number of nitrogen functional groups attached to an aromatic ring is 1. The van der Waals surface area contributed by atoms with E-state index in [0.717, 1.165) is 40.7 Å². The molecule has 150 valence electrons. The van der Waals surface area contributed by atoms with E-state index in [2.05, 4.69) is 21.4 Å². The molecule has 0 saturated heterocycles. The largest absolute Gasteiger partial charge is 0.462 e. The van der Waals surface area contributed by atoms with Crippen LogP contribution in [-0.4, -0.2) is 28.6 Å². The third kappa shape index (κ3) is 4.31.